The van der Waals surface area contributed by atoms with Gasteiger partial charge in [0.25, 0.3) is 0 Å². The highest BCUT2D eigenvalue weighted by Crippen LogP contribution is 2.27. The molecule has 0 N–H and O–H groups in total. The summed E-state index contributed by atoms with van der Waals surface area (Å²) in [6.45, 7) is 5.80. The summed E-state index contributed by atoms with van der Waals surface area (Å²) in [6.07, 6.45) is 3.56. The summed E-state index contributed by atoms with van der Waals surface area (Å²) in [5.74, 6) is -1.68. The largest absolute Gasteiger partial charge is 0.465 e. The molecule has 0 amide bonds. The molecule has 0 spiro atoms. The van der Waals surface area contributed by atoms with Gasteiger partial charge in [0.05, 0.1) is 18.0 Å². The van der Waals surface area contributed by atoms with Gasteiger partial charge in [-0.15, -0.1) is 11.3 Å². The number of hydrogen-bond donors (Lipinski definition) is 0. The summed E-state index contributed by atoms with van der Waals surface area (Å²) in [6, 6.07) is 7.97. The quantitative estimate of drug-likeness (QED) is 0.315. The lowest BCUT2D eigenvalue weighted by Crippen LogP contribution is -2.25. The molecule has 2 aromatic heterocycles. The van der Waals surface area contributed by atoms with E-state index in [4.69, 9.17) is 4.74 Å². The van der Waals surface area contributed by atoms with E-state index in [1.807, 2.05) is 54.3 Å². The Bertz CT molecular complexity index is 980. The third-order valence-electron chi connectivity index (χ3n) is 4.05. The average Bonchev–Trinajstić information content (AvgIpc) is 3.30. The zero-order valence-electron chi connectivity index (χ0n) is 15.9. The minimum absolute atomic E-state index is 0.102. The van der Waals surface area contributed by atoms with Crippen LogP contribution in [0, 0.1) is 13.8 Å². The van der Waals surface area contributed by atoms with Crippen molar-refractivity contribution in [3.8, 4) is 5.69 Å². The second-order valence-corrected chi connectivity index (χ2v) is 7.97. The molecule has 0 radical (unpaired) electrons. The number of nitrogens with zero attached hydrogens (tertiary/aromatic N) is 3. The topological polar surface area (TPSA) is 74.1 Å². The van der Waals surface area contributed by atoms with Gasteiger partial charge in [-0.3, -0.25) is 14.2 Å². The Morgan fingerprint density at radius 3 is 2.75 bits per heavy atom. The van der Waals surface area contributed by atoms with Gasteiger partial charge in [0.2, 0.25) is 0 Å². The number of carbonyl (C=O) groups is 2. The standard InChI is InChI=1S/C20H21N3O3S2/c1-4-26-19(25)17(18-22-14(3)11-27-18)16(24)12-28-20-21-9-10-23(20)15-8-6-5-7-13(15)2/h5-11,17H,4,12H2,1-3H3/t17-/m0/s1. The molecule has 0 unspecified atom stereocenters. The number of aryl methyl sites for hydroxylation is 2. The van der Waals surface area contributed by atoms with Crippen molar-refractivity contribution in [2.24, 2.45) is 0 Å². The number of Topliss-reactive ketones (excluding diaryl/α,β-unsaturated/α-hetero) is 1. The van der Waals surface area contributed by atoms with Crippen LogP contribution in [0.1, 0.15) is 29.1 Å². The molecule has 8 heteroatoms. The van der Waals surface area contributed by atoms with E-state index in [1.165, 1.54) is 23.1 Å². The zero-order chi connectivity index (χ0) is 20.1. The van der Waals surface area contributed by atoms with Crippen molar-refractivity contribution in [3.63, 3.8) is 0 Å². The van der Waals surface area contributed by atoms with E-state index < -0.39 is 11.9 Å². The average molecular weight is 416 g/mol. The number of para-hydroxylation sites is 1. The van der Waals surface area contributed by atoms with Gasteiger partial charge >= 0.3 is 5.97 Å². The van der Waals surface area contributed by atoms with Crippen LogP contribution in [0.3, 0.4) is 0 Å². The van der Waals surface area contributed by atoms with Crippen molar-refractivity contribution in [2.45, 2.75) is 31.8 Å². The van der Waals surface area contributed by atoms with Crippen LogP contribution in [0.5, 0.6) is 0 Å². The number of imidazole rings is 1. The van der Waals surface area contributed by atoms with Gasteiger partial charge in [0.15, 0.2) is 16.9 Å². The van der Waals surface area contributed by atoms with E-state index in [0.717, 1.165) is 16.9 Å². The summed E-state index contributed by atoms with van der Waals surface area (Å²) in [4.78, 5) is 34.0. The van der Waals surface area contributed by atoms with Crippen molar-refractivity contribution < 1.29 is 14.3 Å². The third kappa shape index (κ3) is 4.51. The molecule has 0 aliphatic heterocycles. The molecule has 3 aromatic rings. The van der Waals surface area contributed by atoms with Gasteiger partial charge < -0.3 is 4.74 Å². The Morgan fingerprint density at radius 2 is 2.07 bits per heavy atom. The number of hydrogen-bond acceptors (Lipinski definition) is 7. The molecule has 0 aliphatic rings. The molecule has 1 atom stereocenters. The Kier molecular flexibility index (Phi) is 6.64. The molecule has 0 aliphatic carbocycles. The Balaban J connectivity index is 1.78. The van der Waals surface area contributed by atoms with Gasteiger partial charge in [0.1, 0.15) is 5.01 Å². The van der Waals surface area contributed by atoms with E-state index in [1.54, 1.807) is 13.1 Å². The second-order valence-electron chi connectivity index (χ2n) is 6.13. The van der Waals surface area contributed by atoms with Crippen LogP contribution < -0.4 is 0 Å². The smallest absolute Gasteiger partial charge is 0.323 e. The fourth-order valence-corrected chi connectivity index (χ4v) is 4.51. The summed E-state index contributed by atoms with van der Waals surface area (Å²) in [5, 5.41) is 3.00. The molecule has 3 rings (SSSR count). The minimum Gasteiger partial charge on any atom is -0.465 e. The van der Waals surface area contributed by atoms with Crippen LogP contribution in [0.25, 0.3) is 5.69 Å². The summed E-state index contributed by atoms with van der Waals surface area (Å²) < 4.78 is 7.06. The second kappa shape index (κ2) is 9.16. The number of ether oxygens (including phenoxy) is 1. The van der Waals surface area contributed by atoms with Gasteiger partial charge in [-0.1, -0.05) is 30.0 Å². The fourth-order valence-electron chi connectivity index (χ4n) is 2.73. The monoisotopic (exact) mass is 415 g/mol. The predicted molar refractivity (Wildman–Crippen MR) is 110 cm³/mol. The van der Waals surface area contributed by atoms with E-state index >= 15 is 0 Å². The van der Waals surface area contributed by atoms with Crippen LogP contribution in [-0.2, 0) is 14.3 Å². The maximum atomic E-state index is 12.9. The molecule has 146 valence electrons. The fraction of sp³-hybridized carbons (Fsp3) is 0.300. The SMILES string of the molecule is CCOC(=O)[C@@H](C(=O)CSc1nccn1-c1ccccc1C)c1nc(C)cs1. The molecule has 0 saturated carbocycles. The normalized spacial score (nSPS) is 12.0. The number of esters is 1. The molecule has 0 fully saturated rings. The lowest BCUT2D eigenvalue weighted by atomic mass is 10.1. The molecular weight excluding hydrogens is 394 g/mol. The van der Waals surface area contributed by atoms with Gasteiger partial charge in [0, 0.05) is 23.5 Å². The van der Waals surface area contributed by atoms with Gasteiger partial charge in [-0.05, 0) is 32.4 Å². The van der Waals surface area contributed by atoms with E-state index in [2.05, 4.69) is 9.97 Å². The van der Waals surface area contributed by atoms with Crippen molar-refractivity contribution in [1.82, 2.24) is 14.5 Å². The zero-order valence-corrected chi connectivity index (χ0v) is 17.5. The van der Waals surface area contributed by atoms with E-state index in [-0.39, 0.29) is 18.1 Å². The third-order valence-corrected chi connectivity index (χ3v) is 6.07. The predicted octanol–water partition coefficient (Wildman–Crippen LogP) is 3.95. The number of thiazole rings is 1. The number of aromatic nitrogens is 3. The van der Waals surface area contributed by atoms with Crippen LogP contribution in [0.4, 0.5) is 0 Å². The molecule has 6 nitrogen and oxygen atoms in total. The minimum atomic E-state index is -0.993. The molecule has 1 aromatic carbocycles. The highest BCUT2D eigenvalue weighted by Gasteiger charge is 2.32. The van der Waals surface area contributed by atoms with Crippen molar-refractivity contribution >= 4 is 34.9 Å². The number of thioether (sulfide) groups is 1. The molecular formula is C20H21N3O3S2. The van der Waals surface area contributed by atoms with Gasteiger partial charge in [-0.2, -0.15) is 0 Å². The van der Waals surface area contributed by atoms with Crippen LogP contribution in [-0.4, -0.2) is 38.6 Å². The maximum absolute atomic E-state index is 12.9. The van der Waals surface area contributed by atoms with Gasteiger partial charge in [-0.25, -0.2) is 9.97 Å². The summed E-state index contributed by atoms with van der Waals surface area (Å²) >= 11 is 2.60. The number of carbonyl (C=O) groups excluding carboxylic acids is 2. The highest BCUT2D eigenvalue weighted by molar-refractivity contribution is 7.99. The first-order chi connectivity index (χ1) is 13.5. The maximum Gasteiger partial charge on any atom is 0.323 e. The number of rotatable bonds is 8. The highest BCUT2D eigenvalue weighted by atomic mass is 32.2. The first kappa shape index (κ1) is 20.3. The van der Waals surface area contributed by atoms with E-state index in [9.17, 15) is 9.59 Å². The molecule has 0 bridgehead atoms. The first-order valence-electron chi connectivity index (χ1n) is 8.84. The lowest BCUT2D eigenvalue weighted by molar-refractivity contribution is -0.147. The van der Waals surface area contributed by atoms with Crippen molar-refractivity contribution in [2.75, 3.05) is 12.4 Å². The van der Waals surface area contributed by atoms with Crippen LogP contribution >= 0.6 is 23.1 Å². The molecule has 2 heterocycles. The van der Waals surface area contributed by atoms with E-state index in [0.29, 0.717) is 10.2 Å². The Morgan fingerprint density at radius 1 is 1.29 bits per heavy atom. The molecule has 28 heavy (non-hydrogen) atoms. The van der Waals surface area contributed by atoms with Crippen molar-refractivity contribution in [3.05, 3.63) is 58.3 Å². The summed E-state index contributed by atoms with van der Waals surface area (Å²) in [5.41, 5.74) is 2.90. The molecule has 0 saturated heterocycles. The Labute approximate surface area is 172 Å². The number of ketones is 1. The first-order valence-corrected chi connectivity index (χ1v) is 10.7. The van der Waals surface area contributed by atoms with Crippen LogP contribution in [0.2, 0.25) is 0 Å². The van der Waals surface area contributed by atoms with Crippen LogP contribution in [0.15, 0.2) is 47.2 Å². The Hall–Kier alpha value is -2.45. The van der Waals surface area contributed by atoms with Crippen molar-refractivity contribution in [1.29, 1.82) is 0 Å². The summed E-state index contributed by atoms with van der Waals surface area (Å²) in [7, 11) is 0. The number of benzene rings is 1. The lowest BCUT2D eigenvalue weighted by Gasteiger charge is -2.13.